The molecule has 3 nitrogen and oxygen atoms in total. The van der Waals surface area contributed by atoms with Crippen LogP contribution in [0.2, 0.25) is 0 Å². The van der Waals surface area contributed by atoms with Crippen molar-refractivity contribution in [2.45, 2.75) is 0 Å². The van der Waals surface area contributed by atoms with Gasteiger partial charge in [-0.3, -0.25) is 0 Å². The Morgan fingerprint density at radius 1 is 0.741 bits per heavy atom. The fraction of sp³-hybridized carbons (Fsp3) is 0. The minimum atomic E-state index is 0.610. The van der Waals surface area contributed by atoms with Crippen LogP contribution in [0.3, 0.4) is 0 Å². The third-order valence-electron chi connectivity index (χ3n) is 4.81. The van der Waals surface area contributed by atoms with Crippen molar-refractivity contribution < 1.29 is 14.1 Å². The highest BCUT2D eigenvalue weighted by Gasteiger charge is 2.11. The topological polar surface area (TPSA) is 42.6 Å². The van der Waals surface area contributed by atoms with E-state index in [2.05, 4.69) is 46.3 Å². The molecule has 0 aliphatic carbocycles. The van der Waals surface area contributed by atoms with E-state index in [1.165, 1.54) is 0 Å². The molecule has 0 aliphatic heterocycles. The Kier molecular flexibility index (Phi) is 3.92. The number of hydrogen-bond acceptors (Lipinski definition) is 3. The summed E-state index contributed by atoms with van der Waals surface area (Å²) < 4.78 is 12.1. The maximum absolute atomic E-state index is 8.98. The molecule has 4 aromatic carbocycles. The van der Waals surface area contributed by atoms with Gasteiger partial charge in [-0.1, -0.05) is 52.3 Å². The van der Waals surface area contributed by atoms with Gasteiger partial charge in [0.25, 0.3) is 0 Å². The highest BCUT2D eigenvalue weighted by Crippen LogP contribution is 2.37. The van der Waals surface area contributed by atoms with Crippen molar-refractivity contribution in [3.63, 3.8) is 0 Å². The molecule has 0 spiro atoms. The van der Waals surface area contributed by atoms with Gasteiger partial charge >= 0.3 is 7.69 Å². The van der Waals surface area contributed by atoms with Gasteiger partial charge in [-0.05, 0) is 47.5 Å². The SMILES string of the molecule is O[B]Oc1ccc(Br)c2cc(-c3ccc4oc5ccccc5c4c3)ccc12. The Hall–Kier alpha value is -2.76. The Labute approximate surface area is 164 Å². The molecule has 0 saturated heterocycles. The first-order valence-electron chi connectivity index (χ1n) is 8.51. The highest BCUT2D eigenvalue weighted by molar-refractivity contribution is 9.10. The molecule has 0 unspecified atom stereocenters. The van der Waals surface area contributed by atoms with Crippen LogP contribution >= 0.6 is 15.9 Å². The summed E-state index contributed by atoms with van der Waals surface area (Å²) in [5, 5.41) is 13.1. The van der Waals surface area contributed by atoms with E-state index < -0.39 is 0 Å². The molecule has 0 amide bonds. The molecule has 0 aliphatic rings. The van der Waals surface area contributed by atoms with Crippen molar-refractivity contribution in [1.82, 2.24) is 0 Å². The Balaban J connectivity index is 1.70. The first-order chi connectivity index (χ1) is 13.2. The molecule has 5 rings (SSSR count). The van der Waals surface area contributed by atoms with Crippen LogP contribution in [0, 0.1) is 0 Å². The van der Waals surface area contributed by atoms with Gasteiger partial charge in [0.1, 0.15) is 16.9 Å². The van der Waals surface area contributed by atoms with Crippen molar-refractivity contribution in [3.05, 3.63) is 77.3 Å². The number of rotatable bonds is 3. The predicted molar refractivity (Wildman–Crippen MR) is 113 cm³/mol. The predicted octanol–water partition coefficient (Wildman–Crippen LogP) is 6.07. The van der Waals surface area contributed by atoms with Crippen LogP contribution in [-0.4, -0.2) is 12.7 Å². The van der Waals surface area contributed by atoms with Crippen LogP contribution in [0.1, 0.15) is 0 Å². The van der Waals surface area contributed by atoms with E-state index in [1.807, 2.05) is 42.5 Å². The van der Waals surface area contributed by atoms with E-state index in [9.17, 15) is 0 Å². The number of hydrogen-bond donors (Lipinski definition) is 1. The molecule has 0 bridgehead atoms. The van der Waals surface area contributed by atoms with Gasteiger partial charge in [0.2, 0.25) is 0 Å². The summed E-state index contributed by atoms with van der Waals surface area (Å²) in [6.07, 6.45) is 0. The fourth-order valence-electron chi connectivity index (χ4n) is 3.53. The Morgan fingerprint density at radius 3 is 2.33 bits per heavy atom. The molecule has 1 aromatic heterocycles. The average Bonchev–Trinajstić information content (AvgIpc) is 3.08. The lowest BCUT2D eigenvalue weighted by Crippen LogP contribution is -2.00. The summed E-state index contributed by atoms with van der Waals surface area (Å²) in [6.45, 7) is 0. The summed E-state index contributed by atoms with van der Waals surface area (Å²) in [5.41, 5.74) is 3.99. The first kappa shape index (κ1) is 16.4. The van der Waals surface area contributed by atoms with E-state index in [4.69, 9.17) is 14.1 Å². The molecule has 0 atom stereocenters. The van der Waals surface area contributed by atoms with Crippen molar-refractivity contribution in [3.8, 4) is 16.9 Å². The maximum atomic E-state index is 8.98. The summed E-state index contributed by atoms with van der Waals surface area (Å²) in [5.74, 6) is 0.610. The minimum absolute atomic E-state index is 0.610. The molecule has 27 heavy (non-hydrogen) atoms. The van der Waals surface area contributed by atoms with E-state index in [0.717, 1.165) is 48.3 Å². The van der Waals surface area contributed by atoms with Crippen molar-refractivity contribution in [1.29, 1.82) is 0 Å². The number of benzene rings is 4. The van der Waals surface area contributed by atoms with Gasteiger partial charge in [-0.25, -0.2) is 0 Å². The fourth-order valence-corrected chi connectivity index (χ4v) is 3.99. The molecule has 1 N–H and O–H groups in total. The van der Waals surface area contributed by atoms with Crippen LogP contribution < -0.4 is 4.65 Å². The monoisotopic (exact) mass is 415 g/mol. The number of fused-ring (bicyclic) bond motifs is 4. The molecule has 5 aromatic rings. The standard InChI is InChI=1S/C22H13BBrO3/c24-19-8-10-22(27-23-25)16-7-5-13(11-17(16)19)14-6-9-21-18(12-14)15-3-1-2-4-20(15)26-21/h1-12,25H. The van der Waals surface area contributed by atoms with Crippen molar-refractivity contribution in [2.75, 3.05) is 0 Å². The smallest absolute Gasteiger partial charge is 0.537 e. The summed E-state index contributed by atoms with van der Waals surface area (Å²) in [6, 6.07) is 24.2. The molecule has 0 saturated carbocycles. The summed E-state index contributed by atoms with van der Waals surface area (Å²) in [7, 11) is 0.703. The van der Waals surface area contributed by atoms with E-state index in [-0.39, 0.29) is 0 Å². The third-order valence-corrected chi connectivity index (χ3v) is 5.50. The maximum Gasteiger partial charge on any atom is 0.569 e. The number of furan rings is 1. The zero-order chi connectivity index (χ0) is 18.4. The lowest BCUT2D eigenvalue weighted by atomic mass is 9.99. The zero-order valence-electron chi connectivity index (χ0n) is 14.1. The normalized spacial score (nSPS) is 11.3. The quantitative estimate of drug-likeness (QED) is 0.363. The van der Waals surface area contributed by atoms with Gasteiger partial charge in [-0.2, -0.15) is 0 Å². The number of halogens is 1. The molecule has 1 heterocycles. The van der Waals surface area contributed by atoms with Crippen molar-refractivity contribution in [2.24, 2.45) is 0 Å². The van der Waals surface area contributed by atoms with Crippen LogP contribution in [-0.2, 0) is 0 Å². The molecule has 1 radical (unpaired) electrons. The van der Waals surface area contributed by atoms with Gasteiger partial charge < -0.3 is 14.1 Å². The molecular weight excluding hydrogens is 403 g/mol. The van der Waals surface area contributed by atoms with Gasteiger partial charge in [0.05, 0.1) is 0 Å². The van der Waals surface area contributed by atoms with Gasteiger partial charge in [0, 0.05) is 26.0 Å². The second-order valence-corrected chi connectivity index (χ2v) is 7.19. The van der Waals surface area contributed by atoms with Crippen LogP contribution in [0.25, 0.3) is 43.8 Å². The Morgan fingerprint density at radius 2 is 1.48 bits per heavy atom. The summed E-state index contributed by atoms with van der Waals surface area (Å²) >= 11 is 3.61. The molecular formula is C22H13BBrO3. The zero-order valence-corrected chi connectivity index (χ0v) is 15.7. The van der Waals surface area contributed by atoms with Crippen LogP contribution in [0.4, 0.5) is 0 Å². The van der Waals surface area contributed by atoms with Crippen molar-refractivity contribution >= 4 is 56.3 Å². The minimum Gasteiger partial charge on any atom is -0.537 e. The lowest BCUT2D eigenvalue weighted by Gasteiger charge is -2.10. The molecule has 129 valence electrons. The van der Waals surface area contributed by atoms with E-state index in [1.54, 1.807) is 0 Å². The third kappa shape index (κ3) is 2.71. The Bertz CT molecular complexity index is 1310. The highest BCUT2D eigenvalue weighted by atomic mass is 79.9. The van der Waals surface area contributed by atoms with Gasteiger partial charge in [0.15, 0.2) is 0 Å². The molecule has 5 heteroatoms. The largest absolute Gasteiger partial charge is 0.569 e. The summed E-state index contributed by atoms with van der Waals surface area (Å²) in [4.78, 5) is 0. The van der Waals surface area contributed by atoms with Gasteiger partial charge in [-0.15, -0.1) is 0 Å². The number of para-hydroxylation sites is 1. The second-order valence-electron chi connectivity index (χ2n) is 6.34. The van der Waals surface area contributed by atoms with E-state index >= 15 is 0 Å². The van der Waals surface area contributed by atoms with Crippen LogP contribution in [0.5, 0.6) is 5.75 Å². The average molecular weight is 416 g/mol. The molecule has 0 fully saturated rings. The second kappa shape index (κ2) is 6.45. The first-order valence-corrected chi connectivity index (χ1v) is 9.30. The van der Waals surface area contributed by atoms with Crippen LogP contribution in [0.15, 0.2) is 81.7 Å². The lowest BCUT2D eigenvalue weighted by molar-refractivity contribution is 0.456. The van der Waals surface area contributed by atoms with E-state index in [0.29, 0.717) is 13.4 Å².